The molecule has 3 aromatic heterocycles. The Morgan fingerprint density at radius 3 is 3.08 bits per heavy atom. The molecule has 0 aromatic carbocycles. The van der Waals surface area contributed by atoms with E-state index in [0.717, 1.165) is 43.7 Å². The van der Waals surface area contributed by atoms with Gasteiger partial charge in [0.25, 0.3) is 5.91 Å². The molecule has 132 valence electrons. The largest absolute Gasteiger partial charge is 0.338 e. The quantitative estimate of drug-likeness (QED) is 0.672. The third kappa shape index (κ3) is 2.23. The number of amides is 1. The Balaban J connectivity index is 1.49. The summed E-state index contributed by atoms with van der Waals surface area (Å²) in [5.74, 6) is 0.817. The molecule has 1 aliphatic heterocycles. The second-order valence-corrected chi connectivity index (χ2v) is 7.35. The average Bonchev–Trinajstić information content (AvgIpc) is 3.24. The van der Waals surface area contributed by atoms with Crippen LogP contribution in [0.15, 0.2) is 30.9 Å². The number of carbonyl (C=O) groups excluding carboxylic acids is 1. The maximum absolute atomic E-state index is 13.2. The molecule has 0 N–H and O–H groups in total. The topological polar surface area (TPSA) is 76.3 Å². The molecule has 5 rings (SSSR count). The standard InChI is InChI=1S/C19H20N6O/c1-13-21-10-14-4-6-19(16(14)23-13)5-2-8-24(12-19)18(26)15-11-22-25-9-3-7-20-17(15)25/h3,7,9-11H,2,4-6,8,12H2,1H3. The minimum atomic E-state index is -0.0344. The van der Waals surface area contributed by atoms with Gasteiger partial charge in [-0.25, -0.2) is 19.5 Å². The van der Waals surface area contributed by atoms with Crippen molar-refractivity contribution in [3.05, 3.63) is 53.5 Å². The van der Waals surface area contributed by atoms with Crippen molar-refractivity contribution in [2.75, 3.05) is 13.1 Å². The fourth-order valence-corrected chi connectivity index (χ4v) is 4.48. The number of aryl methyl sites for hydroxylation is 2. The Hall–Kier alpha value is -2.83. The van der Waals surface area contributed by atoms with E-state index in [1.54, 1.807) is 16.9 Å². The lowest BCUT2D eigenvalue weighted by Crippen LogP contribution is -2.48. The van der Waals surface area contributed by atoms with Crippen LogP contribution in [0.2, 0.25) is 0 Å². The number of rotatable bonds is 1. The van der Waals surface area contributed by atoms with Gasteiger partial charge >= 0.3 is 0 Å². The molecule has 1 atom stereocenters. The number of fused-ring (bicyclic) bond motifs is 3. The third-order valence-corrected chi connectivity index (χ3v) is 5.73. The Labute approximate surface area is 151 Å². The molecule has 3 aromatic rings. The number of hydrogen-bond donors (Lipinski definition) is 0. The summed E-state index contributed by atoms with van der Waals surface area (Å²) >= 11 is 0. The highest BCUT2D eigenvalue weighted by molar-refractivity contribution is 5.99. The molecule has 1 amide bonds. The summed E-state index contributed by atoms with van der Waals surface area (Å²) in [6.45, 7) is 3.41. The molecule has 0 saturated carbocycles. The predicted octanol–water partition coefficient (Wildman–Crippen LogP) is 1.95. The number of piperidine rings is 1. The Bertz CT molecular complexity index is 1010. The Morgan fingerprint density at radius 1 is 1.23 bits per heavy atom. The van der Waals surface area contributed by atoms with E-state index in [2.05, 4.69) is 15.1 Å². The lowest BCUT2D eigenvalue weighted by Gasteiger charge is -2.40. The number of likely N-dealkylation sites (tertiary alicyclic amines) is 1. The van der Waals surface area contributed by atoms with E-state index < -0.39 is 0 Å². The lowest BCUT2D eigenvalue weighted by atomic mass is 9.77. The van der Waals surface area contributed by atoms with Gasteiger partial charge < -0.3 is 4.90 Å². The van der Waals surface area contributed by atoms with E-state index in [1.165, 1.54) is 5.56 Å². The van der Waals surface area contributed by atoms with Crippen molar-refractivity contribution in [3.8, 4) is 0 Å². The highest BCUT2D eigenvalue weighted by atomic mass is 16.2. The van der Waals surface area contributed by atoms with Crippen LogP contribution in [0.25, 0.3) is 5.65 Å². The molecule has 7 heteroatoms. The molecular weight excluding hydrogens is 328 g/mol. The van der Waals surface area contributed by atoms with E-state index >= 15 is 0 Å². The van der Waals surface area contributed by atoms with Crippen LogP contribution in [0, 0.1) is 6.92 Å². The van der Waals surface area contributed by atoms with Crippen molar-refractivity contribution in [3.63, 3.8) is 0 Å². The summed E-state index contributed by atoms with van der Waals surface area (Å²) in [5.41, 5.74) is 3.54. The Morgan fingerprint density at radius 2 is 2.15 bits per heavy atom. The van der Waals surface area contributed by atoms with Crippen LogP contribution in [0.3, 0.4) is 0 Å². The first-order valence-electron chi connectivity index (χ1n) is 9.07. The van der Waals surface area contributed by atoms with Crippen LogP contribution in [0.5, 0.6) is 0 Å². The van der Waals surface area contributed by atoms with Gasteiger partial charge in [0.15, 0.2) is 5.65 Å². The van der Waals surface area contributed by atoms with Gasteiger partial charge in [0.2, 0.25) is 0 Å². The summed E-state index contributed by atoms with van der Waals surface area (Å²) in [4.78, 5) is 28.6. The van der Waals surface area contributed by atoms with Crippen LogP contribution < -0.4 is 0 Å². The minimum Gasteiger partial charge on any atom is -0.338 e. The first-order valence-corrected chi connectivity index (χ1v) is 9.07. The minimum absolute atomic E-state index is 0.0111. The van der Waals surface area contributed by atoms with Gasteiger partial charge in [0, 0.05) is 37.1 Å². The molecular formula is C19H20N6O. The maximum atomic E-state index is 13.2. The zero-order valence-corrected chi connectivity index (χ0v) is 14.7. The molecule has 0 bridgehead atoms. The molecule has 1 aliphatic carbocycles. The van der Waals surface area contributed by atoms with Crippen molar-refractivity contribution in [2.24, 2.45) is 0 Å². The van der Waals surface area contributed by atoms with Crippen molar-refractivity contribution < 1.29 is 4.79 Å². The molecule has 1 fully saturated rings. The third-order valence-electron chi connectivity index (χ3n) is 5.73. The molecule has 1 unspecified atom stereocenters. The van der Waals surface area contributed by atoms with E-state index in [9.17, 15) is 4.79 Å². The van der Waals surface area contributed by atoms with Gasteiger partial charge in [-0.2, -0.15) is 5.10 Å². The molecule has 0 radical (unpaired) electrons. The van der Waals surface area contributed by atoms with Gasteiger partial charge in [-0.05, 0) is 44.2 Å². The van der Waals surface area contributed by atoms with E-state index in [-0.39, 0.29) is 11.3 Å². The zero-order chi connectivity index (χ0) is 17.7. The van der Waals surface area contributed by atoms with Crippen LogP contribution in [-0.2, 0) is 11.8 Å². The number of hydrogen-bond acceptors (Lipinski definition) is 5. The summed E-state index contributed by atoms with van der Waals surface area (Å²) in [5, 5.41) is 4.26. The smallest absolute Gasteiger partial charge is 0.259 e. The highest BCUT2D eigenvalue weighted by Crippen LogP contribution is 2.44. The molecule has 1 spiro atoms. The molecule has 1 saturated heterocycles. The summed E-state index contributed by atoms with van der Waals surface area (Å²) < 4.78 is 1.65. The van der Waals surface area contributed by atoms with Gasteiger partial charge in [-0.15, -0.1) is 0 Å². The average molecular weight is 348 g/mol. The number of carbonyl (C=O) groups is 1. The highest BCUT2D eigenvalue weighted by Gasteiger charge is 2.45. The van der Waals surface area contributed by atoms with Crippen molar-refractivity contribution in [2.45, 2.75) is 38.0 Å². The van der Waals surface area contributed by atoms with Crippen molar-refractivity contribution >= 4 is 11.6 Å². The zero-order valence-electron chi connectivity index (χ0n) is 14.7. The van der Waals surface area contributed by atoms with E-state index in [0.29, 0.717) is 17.8 Å². The van der Waals surface area contributed by atoms with Crippen molar-refractivity contribution in [1.82, 2.24) is 29.5 Å². The fourth-order valence-electron chi connectivity index (χ4n) is 4.48. The van der Waals surface area contributed by atoms with Gasteiger partial charge in [-0.1, -0.05) is 0 Å². The SMILES string of the molecule is Cc1ncc2c(n1)C1(CCCN(C(=O)c3cnn4cccnc34)C1)CC2. The summed E-state index contributed by atoms with van der Waals surface area (Å²) in [6.07, 6.45) is 11.2. The second kappa shape index (κ2) is 5.59. The molecule has 4 heterocycles. The van der Waals surface area contributed by atoms with Crippen LogP contribution in [0.1, 0.15) is 46.7 Å². The first kappa shape index (κ1) is 15.4. The number of nitrogens with zero attached hydrogens (tertiary/aromatic N) is 6. The molecule has 26 heavy (non-hydrogen) atoms. The second-order valence-electron chi connectivity index (χ2n) is 7.35. The molecule has 2 aliphatic rings. The lowest BCUT2D eigenvalue weighted by molar-refractivity contribution is 0.0635. The molecule has 7 nitrogen and oxygen atoms in total. The van der Waals surface area contributed by atoms with E-state index in [4.69, 9.17) is 4.98 Å². The van der Waals surface area contributed by atoms with Crippen molar-refractivity contribution in [1.29, 1.82) is 0 Å². The predicted molar refractivity (Wildman–Crippen MR) is 94.9 cm³/mol. The Kier molecular flexibility index (Phi) is 3.32. The van der Waals surface area contributed by atoms with Crippen LogP contribution >= 0.6 is 0 Å². The summed E-state index contributed by atoms with van der Waals surface area (Å²) in [7, 11) is 0. The van der Waals surface area contributed by atoms with Crippen LogP contribution in [0.4, 0.5) is 0 Å². The van der Waals surface area contributed by atoms with Gasteiger partial charge in [0.1, 0.15) is 11.4 Å². The first-order chi connectivity index (χ1) is 12.7. The monoisotopic (exact) mass is 348 g/mol. The summed E-state index contributed by atoms with van der Waals surface area (Å²) in [6, 6.07) is 1.81. The van der Waals surface area contributed by atoms with Gasteiger partial charge in [-0.3, -0.25) is 4.79 Å². The van der Waals surface area contributed by atoms with E-state index in [1.807, 2.05) is 30.3 Å². The normalized spacial score (nSPS) is 22.1. The maximum Gasteiger partial charge on any atom is 0.259 e. The number of aromatic nitrogens is 5. The van der Waals surface area contributed by atoms with Gasteiger partial charge in [0.05, 0.1) is 11.9 Å². The van der Waals surface area contributed by atoms with Crippen LogP contribution in [-0.4, -0.2) is 48.5 Å². The fraction of sp³-hybridized carbons (Fsp3) is 0.421.